The maximum atomic E-state index is 11.4. The number of hydrogen-bond acceptors (Lipinski definition) is 4. The van der Waals surface area contributed by atoms with E-state index < -0.39 is 5.97 Å². The highest BCUT2D eigenvalue weighted by atomic mass is 35.5. The van der Waals surface area contributed by atoms with Gasteiger partial charge in [0, 0.05) is 0 Å². The Morgan fingerprint density at radius 3 is 2.83 bits per heavy atom. The molecule has 0 spiro atoms. The van der Waals surface area contributed by atoms with E-state index in [-0.39, 0.29) is 0 Å². The summed E-state index contributed by atoms with van der Waals surface area (Å²) in [5.74, 6) is 0.179. The first-order valence-electron chi connectivity index (χ1n) is 5.52. The van der Waals surface area contributed by atoms with Gasteiger partial charge < -0.3 is 9.57 Å². The monoisotopic (exact) mass is 265 g/mol. The Kier molecular flexibility index (Phi) is 3.67. The first-order valence-corrected chi connectivity index (χ1v) is 5.90. The number of rotatable bonds is 3. The van der Waals surface area contributed by atoms with Gasteiger partial charge in [-0.25, -0.2) is 4.79 Å². The van der Waals surface area contributed by atoms with Crippen molar-refractivity contribution in [1.82, 2.24) is 0 Å². The number of ether oxygens (including phenoxy) is 1. The average molecular weight is 266 g/mol. The second-order valence-electron chi connectivity index (χ2n) is 3.74. The molecular formula is C13H12ClNO3. The maximum Gasteiger partial charge on any atom is 0.367 e. The summed E-state index contributed by atoms with van der Waals surface area (Å²) in [6.07, 6.45) is 1.69. The Morgan fingerprint density at radius 1 is 1.50 bits per heavy atom. The van der Waals surface area contributed by atoms with Crippen molar-refractivity contribution in [3.63, 3.8) is 0 Å². The molecule has 0 radical (unpaired) electrons. The van der Waals surface area contributed by atoms with Crippen LogP contribution in [0.5, 0.6) is 5.75 Å². The number of benzene rings is 1. The smallest absolute Gasteiger partial charge is 0.367 e. The first kappa shape index (κ1) is 12.6. The van der Waals surface area contributed by atoms with Crippen molar-refractivity contribution in [2.24, 2.45) is 5.16 Å². The second-order valence-corrected chi connectivity index (χ2v) is 4.14. The Morgan fingerprint density at radius 2 is 2.28 bits per heavy atom. The highest BCUT2D eigenvalue weighted by molar-refractivity contribution is 6.32. The molecule has 1 aromatic carbocycles. The van der Waals surface area contributed by atoms with Crippen LogP contribution in [0.4, 0.5) is 0 Å². The molecule has 1 aliphatic heterocycles. The fraction of sp³-hybridized carbons (Fsp3) is 0.231. The van der Waals surface area contributed by atoms with E-state index in [0.29, 0.717) is 28.7 Å². The van der Waals surface area contributed by atoms with Crippen LogP contribution in [0.1, 0.15) is 19.4 Å². The molecule has 4 nitrogen and oxygen atoms in total. The van der Waals surface area contributed by atoms with Gasteiger partial charge in [0.15, 0.2) is 0 Å². The lowest BCUT2D eigenvalue weighted by Gasteiger charge is -2.06. The van der Waals surface area contributed by atoms with E-state index in [4.69, 9.17) is 16.3 Å². The van der Waals surface area contributed by atoms with Gasteiger partial charge in [0.2, 0.25) is 0 Å². The molecule has 0 aromatic heterocycles. The molecular weight excluding hydrogens is 254 g/mol. The Bertz CT molecular complexity index is 549. The van der Waals surface area contributed by atoms with E-state index in [0.717, 1.165) is 5.56 Å². The van der Waals surface area contributed by atoms with E-state index in [9.17, 15) is 4.79 Å². The lowest BCUT2D eigenvalue weighted by molar-refractivity contribution is -0.136. The number of halogens is 1. The second kappa shape index (κ2) is 5.23. The maximum absolute atomic E-state index is 11.4. The van der Waals surface area contributed by atoms with Crippen molar-refractivity contribution in [3.8, 4) is 5.75 Å². The summed E-state index contributed by atoms with van der Waals surface area (Å²) >= 11 is 6.07. The molecule has 0 N–H and O–H groups in total. The Balaban J connectivity index is 2.30. The zero-order valence-electron chi connectivity index (χ0n) is 10.1. The van der Waals surface area contributed by atoms with Gasteiger partial charge in [0.05, 0.1) is 22.9 Å². The van der Waals surface area contributed by atoms with E-state index in [1.54, 1.807) is 25.1 Å². The highest BCUT2D eigenvalue weighted by Crippen LogP contribution is 2.27. The number of carbonyl (C=O) groups is 1. The Hall–Kier alpha value is -1.81. The predicted octanol–water partition coefficient (Wildman–Crippen LogP) is 3.05. The predicted molar refractivity (Wildman–Crippen MR) is 69.8 cm³/mol. The largest absolute Gasteiger partial charge is 0.492 e. The summed E-state index contributed by atoms with van der Waals surface area (Å²) in [6, 6.07) is 5.33. The molecule has 0 atom stereocenters. The summed E-state index contributed by atoms with van der Waals surface area (Å²) in [5, 5.41) is 4.11. The quantitative estimate of drug-likeness (QED) is 0.623. The van der Waals surface area contributed by atoms with Crippen LogP contribution in [0.25, 0.3) is 6.08 Å². The SMILES string of the molecule is CCOc1ccc(C=C2C(=O)ON=C2C)cc1Cl. The lowest BCUT2D eigenvalue weighted by Crippen LogP contribution is -2.01. The topological polar surface area (TPSA) is 47.9 Å². The molecule has 5 heteroatoms. The van der Waals surface area contributed by atoms with Crippen LogP contribution in [0.2, 0.25) is 5.02 Å². The summed E-state index contributed by atoms with van der Waals surface area (Å²) in [7, 11) is 0. The van der Waals surface area contributed by atoms with Crippen molar-refractivity contribution in [1.29, 1.82) is 0 Å². The zero-order valence-corrected chi connectivity index (χ0v) is 10.8. The standard InChI is InChI=1S/C13H12ClNO3/c1-3-17-12-5-4-9(7-11(12)14)6-10-8(2)15-18-13(10)16/h4-7H,3H2,1-2H3. The van der Waals surface area contributed by atoms with E-state index >= 15 is 0 Å². The molecule has 1 heterocycles. The number of hydrogen-bond donors (Lipinski definition) is 0. The normalized spacial score (nSPS) is 16.7. The van der Waals surface area contributed by atoms with Gasteiger partial charge >= 0.3 is 5.97 Å². The van der Waals surface area contributed by atoms with Gasteiger partial charge in [-0.1, -0.05) is 22.8 Å². The minimum absolute atomic E-state index is 0.440. The van der Waals surface area contributed by atoms with Crippen LogP contribution in [0, 0.1) is 0 Å². The van der Waals surface area contributed by atoms with Crippen LogP contribution in [0.15, 0.2) is 28.9 Å². The molecule has 0 amide bonds. The van der Waals surface area contributed by atoms with Crippen LogP contribution in [0.3, 0.4) is 0 Å². The van der Waals surface area contributed by atoms with Crippen molar-refractivity contribution in [2.45, 2.75) is 13.8 Å². The summed E-state index contributed by atoms with van der Waals surface area (Å²) in [6.45, 7) is 4.16. The molecule has 0 unspecified atom stereocenters. The highest BCUT2D eigenvalue weighted by Gasteiger charge is 2.21. The molecule has 0 bridgehead atoms. The van der Waals surface area contributed by atoms with Gasteiger partial charge in [-0.3, -0.25) is 0 Å². The van der Waals surface area contributed by atoms with Crippen LogP contribution >= 0.6 is 11.6 Å². The van der Waals surface area contributed by atoms with Crippen molar-refractivity contribution in [2.75, 3.05) is 6.61 Å². The third-order valence-electron chi connectivity index (χ3n) is 2.44. The van der Waals surface area contributed by atoms with E-state index in [1.807, 2.05) is 13.0 Å². The van der Waals surface area contributed by atoms with Gasteiger partial charge in [0.25, 0.3) is 0 Å². The molecule has 94 valence electrons. The van der Waals surface area contributed by atoms with Crippen LogP contribution in [-0.2, 0) is 9.63 Å². The molecule has 0 saturated heterocycles. The molecule has 2 rings (SSSR count). The molecule has 1 aromatic rings. The Labute approximate surface area is 110 Å². The fourth-order valence-electron chi connectivity index (χ4n) is 1.57. The van der Waals surface area contributed by atoms with Crippen LogP contribution in [-0.4, -0.2) is 18.3 Å². The van der Waals surface area contributed by atoms with Gasteiger partial charge in [0.1, 0.15) is 5.75 Å². The van der Waals surface area contributed by atoms with Crippen molar-refractivity contribution in [3.05, 3.63) is 34.4 Å². The van der Waals surface area contributed by atoms with Gasteiger partial charge in [-0.2, -0.15) is 0 Å². The molecule has 1 aliphatic rings. The molecule has 0 aliphatic carbocycles. The number of oxime groups is 1. The summed E-state index contributed by atoms with van der Waals surface area (Å²) in [5.41, 5.74) is 1.80. The van der Waals surface area contributed by atoms with Crippen LogP contribution < -0.4 is 4.74 Å². The summed E-state index contributed by atoms with van der Waals surface area (Å²) in [4.78, 5) is 15.9. The number of nitrogens with zero attached hydrogens (tertiary/aromatic N) is 1. The molecule has 18 heavy (non-hydrogen) atoms. The zero-order chi connectivity index (χ0) is 13.1. The minimum Gasteiger partial charge on any atom is -0.492 e. The number of carbonyl (C=O) groups excluding carboxylic acids is 1. The fourth-order valence-corrected chi connectivity index (χ4v) is 1.81. The van der Waals surface area contributed by atoms with E-state index in [1.165, 1.54) is 0 Å². The van der Waals surface area contributed by atoms with Crippen molar-refractivity contribution >= 4 is 29.4 Å². The molecule has 0 fully saturated rings. The minimum atomic E-state index is -0.447. The first-order chi connectivity index (χ1) is 8.61. The third kappa shape index (κ3) is 2.54. The molecule has 0 saturated carbocycles. The van der Waals surface area contributed by atoms with Crippen molar-refractivity contribution < 1.29 is 14.4 Å². The van der Waals surface area contributed by atoms with E-state index in [2.05, 4.69) is 9.99 Å². The average Bonchev–Trinajstić information content (AvgIpc) is 2.65. The van der Waals surface area contributed by atoms with Gasteiger partial charge in [-0.15, -0.1) is 0 Å². The van der Waals surface area contributed by atoms with Gasteiger partial charge in [-0.05, 0) is 37.6 Å². The third-order valence-corrected chi connectivity index (χ3v) is 2.74. The summed E-state index contributed by atoms with van der Waals surface area (Å²) < 4.78 is 5.34. The lowest BCUT2D eigenvalue weighted by atomic mass is 10.1.